The predicted octanol–water partition coefficient (Wildman–Crippen LogP) is 2.38. The average molecular weight is 357 g/mol. The first-order valence-electron chi connectivity index (χ1n) is 7.91. The third kappa shape index (κ3) is 4.07. The highest BCUT2D eigenvalue weighted by molar-refractivity contribution is 9.10. The Bertz CT molecular complexity index is 509. The van der Waals surface area contributed by atoms with Crippen molar-refractivity contribution in [3.8, 4) is 0 Å². The highest BCUT2D eigenvalue weighted by Crippen LogP contribution is 2.25. The number of hydrogen-bond acceptors (Lipinski definition) is 4. The number of anilines is 1. The lowest BCUT2D eigenvalue weighted by Crippen LogP contribution is -2.43. The number of nitrogens with one attached hydrogen (secondary N) is 1. The highest BCUT2D eigenvalue weighted by Gasteiger charge is 2.21. The third-order valence-corrected chi connectivity index (χ3v) is 4.67. The molecule has 0 aromatic carbocycles. The van der Waals surface area contributed by atoms with Gasteiger partial charge in [0, 0.05) is 25.7 Å². The second-order valence-electron chi connectivity index (χ2n) is 5.59. The monoisotopic (exact) mass is 356 g/mol. The molecule has 0 spiro atoms. The molecule has 2 heterocycles. The van der Waals surface area contributed by atoms with Crippen LogP contribution in [0.3, 0.4) is 0 Å². The van der Waals surface area contributed by atoms with E-state index in [0.717, 1.165) is 44.6 Å². The molecular weight excluding hydrogens is 332 g/mol. The maximum Gasteiger partial charge on any atom is 0.283 e. The number of piperidine rings is 1. The molecule has 1 aromatic heterocycles. The number of aromatic nitrogens is 2. The minimum atomic E-state index is -0.0272. The Balaban J connectivity index is 2.03. The number of nitrogens with zero attached hydrogens (tertiary/aromatic N) is 3. The summed E-state index contributed by atoms with van der Waals surface area (Å²) in [5, 5.41) is 7.86. The molecule has 118 valence electrons. The van der Waals surface area contributed by atoms with Crippen LogP contribution >= 0.6 is 15.9 Å². The minimum absolute atomic E-state index is 0.0272. The summed E-state index contributed by atoms with van der Waals surface area (Å²) in [5.41, 5.74) is 0.905. The van der Waals surface area contributed by atoms with Crippen molar-refractivity contribution in [2.45, 2.75) is 52.1 Å². The van der Waals surface area contributed by atoms with Crippen molar-refractivity contribution < 1.29 is 0 Å². The second kappa shape index (κ2) is 7.94. The van der Waals surface area contributed by atoms with Gasteiger partial charge in [0.25, 0.3) is 5.56 Å². The molecule has 0 radical (unpaired) electrons. The number of rotatable bonds is 6. The van der Waals surface area contributed by atoms with Crippen LogP contribution in [0.4, 0.5) is 5.69 Å². The van der Waals surface area contributed by atoms with Crippen LogP contribution in [0.2, 0.25) is 0 Å². The van der Waals surface area contributed by atoms with E-state index in [-0.39, 0.29) is 5.56 Å². The van der Waals surface area contributed by atoms with E-state index in [0.29, 0.717) is 17.1 Å². The van der Waals surface area contributed by atoms with Gasteiger partial charge in [-0.05, 0) is 48.2 Å². The molecule has 1 aromatic rings. The third-order valence-electron chi connectivity index (χ3n) is 3.92. The lowest BCUT2D eigenvalue weighted by molar-refractivity contribution is 0.415. The zero-order valence-electron chi connectivity index (χ0n) is 12.9. The van der Waals surface area contributed by atoms with E-state index in [1.165, 1.54) is 11.1 Å². The van der Waals surface area contributed by atoms with Crippen LogP contribution in [0.5, 0.6) is 0 Å². The van der Waals surface area contributed by atoms with Crippen LogP contribution in [0.15, 0.2) is 15.5 Å². The Kier molecular flexibility index (Phi) is 6.23. The van der Waals surface area contributed by atoms with E-state index in [1.807, 2.05) is 13.1 Å². The summed E-state index contributed by atoms with van der Waals surface area (Å²) in [6, 6.07) is 0.605. The Morgan fingerprint density at radius 2 is 2.05 bits per heavy atom. The maximum atomic E-state index is 12.2. The summed E-state index contributed by atoms with van der Waals surface area (Å²) in [5.74, 6) is 0. The first-order valence-corrected chi connectivity index (χ1v) is 8.70. The minimum Gasteiger partial charge on any atom is -0.369 e. The first kappa shape index (κ1) is 16.5. The van der Waals surface area contributed by atoms with E-state index < -0.39 is 0 Å². The Morgan fingerprint density at radius 1 is 1.33 bits per heavy atom. The fourth-order valence-electron chi connectivity index (χ4n) is 2.72. The van der Waals surface area contributed by atoms with Gasteiger partial charge in [-0.3, -0.25) is 4.79 Å². The molecule has 5 nitrogen and oxygen atoms in total. The van der Waals surface area contributed by atoms with Crippen LogP contribution in [0.1, 0.15) is 39.5 Å². The van der Waals surface area contributed by atoms with Gasteiger partial charge in [0.1, 0.15) is 4.47 Å². The quantitative estimate of drug-likeness (QED) is 0.849. The van der Waals surface area contributed by atoms with Gasteiger partial charge >= 0.3 is 0 Å². The molecule has 0 unspecified atom stereocenters. The van der Waals surface area contributed by atoms with Gasteiger partial charge in [-0.25, -0.2) is 4.68 Å². The van der Waals surface area contributed by atoms with Crippen molar-refractivity contribution in [1.29, 1.82) is 0 Å². The van der Waals surface area contributed by atoms with Crippen molar-refractivity contribution in [3.05, 3.63) is 21.0 Å². The summed E-state index contributed by atoms with van der Waals surface area (Å²) in [7, 11) is 0. The summed E-state index contributed by atoms with van der Waals surface area (Å²) >= 11 is 3.46. The van der Waals surface area contributed by atoms with Gasteiger partial charge in [-0.2, -0.15) is 5.10 Å². The molecule has 1 aliphatic rings. The number of hydrogen-bond donors (Lipinski definition) is 1. The number of aryl methyl sites for hydroxylation is 1. The molecular formula is C15H25BrN4O. The fraction of sp³-hybridized carbons (Fsp3) is 0.733. The van der Waals surface area contributed by atoms with Crippen molar-refractivity contribution in [1.82, 2.24) is 15.1 Å². The van der Waals surface area contributed by atoms with Gasteiger partial charge < -0.3 is 10.2 Å². The Hall–Kier alpha value is -0.880. The zero-order chi connectivity index (χ0) is 15.2. The van der Waals surface area contributed by atoms with Crippen LogP contribution in [0, 0.1) is 0 Å². The molecule has 0 amide bonds. The van der Waals surface area contributed by atoms with Gasteiger partial charge in [0.2, 0.25) is 0 Å². The second-order valence-corrected chi connectivity index (χ2v) is 6.38. The molecule has 0 saturated carbocycles. The molecule has 0 aliphatic carbocycles. The summed E-state index contributed by atoms with van der Waals surface area (Å²) in [6.45, 7) is 7.93. The molecule has 1 fully saturated rings. The molecule has 0 bridgehead atoms. The lowest BCUT2D eigenvalue weighted by Gasteiger charge is -2.34. The molecule has 1 N–H and O–H groups in total. The van der Waals surface area contributed by atoms with E-state index in [4.69, 9.17) is 0 Å². The van der Waals surface area contributed by atoms with Gasteiger partial charge in [0.15, 0.2) is 0 Å². The topological polar surface area (TPSA) is 50.2 Å². The first-order chi connectivity index (χ1) is 10.2. The Morgan fingerprint density at radius 3 is 2.67 bits per heavy atom. The molecule has 21 heavy (non-hydrogen) atoms. The molecule has 6 heteroatoms. The predicted molar refractivity (Wildman–Crippen MR) is 90.0 cm³/mol. The van der Waals surface area contributed by atoms with Crippen molar-refractivity contribution in [2.75, 3.05) is 24.5 Å². The van der Waals surface area contributed by atoms with Crippen molar-refractivity contribution >= 4 is 21.6 Å². The summed E-state index contributed by atoms with van der Waals surface area (Å²) < 4.78 is 2.18. The smallest absolute Gasteiger partial charge is 0.283 e. The molecule has 1 saturated heterocycles. The highest BCUT2D eigenvalue weighted by atomic mass is 79.9. The van der Waals surface area contributed by atoms with Crippen LogP contribution in [-0.4, -0.2) is 35.5 Å². The number of halogens is 1. The van der Waals surface area contributed by atoms with Crippen LogP contribution in [-0.2, 0) is 6.54 Å². The van der Waals surface area contributed by atoms with Gasteiger partial charge in [-0.15, -0.1) is 0 Å². The van der Waals surface area contributed by atoms with Crippen molar-refractivity contribution in [2.24, 2.45) is 0 Å². The standard InChI is InChI=1S/C15H25BrN4O/c1-3-7-17-12-5-9-19(10-6-12)13-11-18-20(8-4-2)15(21)14(13)16/h11-12,17H,3-10H2,1-2H3. The van der Waals surface area contributed by atoms with Crippen LogP contribution < -0.4 is 15.8 Å². The Labute approximate surface area is 134 Å². The van der Waals surface area contributed by atoms with Crippen LogP contribution in [0.25, 0.3) is 0 Å². The van der Waals surface area contributed by atoms with Gasteiger partial charge in [-0.1, -0.05) is 13.8 Å². The van der Waals surface area contributed by atoms with E-state index in [9.17, 15) is 4.79 Å². The normalized spacial score (nSPS) is 16.4. The van der Waals surface area contributed by atoms with E-state index in [2.05, 4.69) is 38.2 Å². The zero-order valence-corrected chi connectivity index (χ0v) is 14.5. The average Bonchev–Trinajstić information content (AvgIpc) is 2.51. The van der Waals surface area contributed by atoms with E-state index >= 15 is 0 Å². The molecule has 2 rings (SSSR count). The van der Waals surface area contributed by atoms with Gasteiger partial charge in [0.05, 0.1) is 11.9 Å². The summed E-state index contributed by atoms with van der Waals surface area (Å²) in [4.78, 5) is 14.5. The fourth-order valence-corrected chi connectivity index (χ4v) is 3.28. The lowest BCUT2D eigenvalue weighted by atomic mass is 10.0. The maximum absolute atomic E-state index is 12.2. The molecule has 0 atom stereocenters. The summed E-state index contributed by atoms with van der Waals surface area (Å²) in [6.07, 6.45) is 6.13. The molecule has 1 aliphatic heterocycles. The largest absolute Gasteiger partial charge is 0.369 e. The SMILES string of the molecule is CCCNC1CCN(c2cnn(CCC)c(=O)c2Br)CC1. The van der Waals surface area contributed by atoms with Crippen molar-refractivity contribution in [3.63, 3.8) is 0 Å². The van der Waals surface area contributed by atoms with E-state index in [1.54, 1.807) is 0 Å².